The summed E-state index contributed by atoms with van der Waals surface area (Å²) in [5.41, 5.74) is 1.13. The number of benzene rings is 1. The van der Waals surface area contributed by atoms with Crippen LogP contribution in [0, 0.1) is 17.8 Å². The predicted octanol–water partition coefficient (Wildman–Crippen LogP) is 3.18. The molecule has 4 rings (SSSR count). The van der Waals surface area contributed by atoms with Crippen LogP contribution in [0.5, 0.6) is 11.5 Å². The van der Waals surface area contributed by atoms with Gasteiger partial charge < -0.3 is 19.7 Å². The van der Waals surface area contributed by atoms with Crippen LogP contribution < -0.4 is 14.8 Å². The van der Waals surface area contributed by atoms with Gasteiger partial charge in [-0.3, -0.25) is 4.79 Å². The third kappa shape index (κ3) is 3.54. The molecule has 3 aliphatic rings. The van der Waals surface area contributed by atoms with Gasteiger partial charge in [0.2, 0.25) is 12.7 Å². The fraction of sp³-hybridized carbons (Fsp3) is 0.667. The Hall–Kier alpha value is -1.75. The molecule has 5 heteroatoms. The van der Waals surface area contributed by atoms with E-state index in [2.05, 4.69) is 30.1 Å². The number of fused-ring (bicyclic) bond motifs is 1. The topological polar surface area (TPSA) is 50.8 Å². The van der Waals surface area contributed by atoms with Crippen molar-refractivity contribution in [2.75, 3.05) is 19.9 Å². The maximum Gasteiger partial charge on any atom is 0.231 e. The SMILES string of the molecule is CC1CCC(N(Cc2ccc3c(c2)OCO3)C(=O)C(C)C2CNC2)CC1. The minimum Gasteiger partial charge on any atom is -0.454 e. The third-order valence-electron chi connectivity index (χ3n) is 6.41. The molecule has 0 spiro atoms. The molecule has 1 aliphatic carbocycles. The van der Waals surface area contributed by atoms with E-state index in [9.17, 15) is 4.79 Å². The molecule has 2 fully saturated rings. The lowest BCUT2D eigenvalue weighted by Crippen LogP contribution is -2.52. The van der Waals surface area contributed by atoms with E-state index in [1.165, 1.54) is 12.8 Å². The molecule has 0 aromatic heterocycles. The van der Waals surface area contributed by atoms with Crippen molar-refractivity contribution in [1.82, 2.24) is 10.2 Å². The van der Waals surface area contributed by atoms with E-state index in [1.807, 2.05) is 12.1 Å². The van der Waals surface area contributed by atoms with Crippen LogP contribution in [-0.2, 0) is 11.3 Å². The summed E-state index contributed by atoms with van der Waals surface area (Å²) in [5.74, 6) is 3.25. The third-order valence-corrected chi connectivity index (χ3v) is 6.41. The van der Waals surface area contributed by atoms with Gasteiger partial charge in [-0.2, -0.15) is 0 Å². The Bertz CT molecular complexity index is 651. The van der Waals surface area contributed by atoms with Crippen LogP contribution in [0.15, 0.2) is 18.2 Å². The predicted molar refractivity (Wildman–Crippen MR) is 100 cm³/mol. The van der Waals surface area contributed by atoms with Crippen molar-refractivity contribution in [3.05, 3.63) is 23.8 Å². The summed E-state index contributed by atoms with van der Waals surface area (Å²) in [4.78, 5) is 15.5. The second kappa shape index (κ2) is 7.47. The van der Waals surface area contributed by atoms with Gasteiger partial charge in [-0.25, -0.2) is 0 Å². The Morgan fingerprint density at radius 2 is 1.92 bits per heavy atom. The van der Waals surface area contributed by atoms with Crippen LogP contribution in [0.4, 0.5) is 0 Å². The highest BCUT2D eigenvalue weighted by Crippen LogP contribution is 2.35. The number of carbonyl (C=O) groups excluding carboxylic acids is 1. The lowest BCUT2D eigenvalue weighted by Gasteiger charge is -2.40. The summed E-state index contributed by atoms with van der Waals surface area (Å²) in [5, 5.41) is 3.30. The van der Waals surface area contributed by atoms with E-state index < -0.39 is 0 Å². The van der Waals surface area contributed by atoms with Crippen LogP contribution >= 0.6 is 0 Å². The molecule has 142 valence electrons. The van der Waals surface area contributed by atoms with Crippen LogP contribution in [-0.4, -0.2) is 36.7 Å². The first kappa shape index (κ1) is 17.7. The fourth-order valence-corrected chi connectivity index (χ4v) is 4.30. The molecule has 1 amide bonds. The minimum absolute atomic E-state index is 0.0876. The van der Waals surface area contributed by atoms with Crippen molar-refractivity contribution in [3.63, 3.8) is 0 Å². The number of rotatable bonds is 5. The van der Waals surface area contributed by atoms with Gasteiger partial charge in [-0.05, 0) is 68.3 Å². The van der Waals surface area contributed by atoms with E-state index >= 15 is 0 Å². The van der Waals surface area contributed by atoms with Crippen LogP contribution in [0.1, 0.15) is 45.1 Å². The lowest BCUT2D eigenvalue weighted by molar-refractivity contribution is -0.141. The standard InChI is InChI=1S/C21H30N2O3/c1-14-3-6-18(7-4-14)23(21(24)15(2)17-10-22-11-17)12-16-5-8-19-20(9-16)26-13-25-19/h5,8-9,14-15,17-18,22H,3-4,6-7,10-13H2,1-2H3. The number of nitrogens with one attached hydrogen (secondary N) is 1. The average molecular weight is 358 g/mol. The Kier molecular flexibility index (Phi) is 5.07. The first-order valence-corrected chi connectivity index (χ1v) is 10.0. The highest BCUT2D eigenvalue weighted by molar-refractivity contribution is 5.79. The molecule has 2 aliphatic heterocycles. The van der Waals surface area contributed by atoms with Gasteiger partial charge in [0.05, 0.1) is 0 Å². The average Bonchev–Trinajstić information content (AvgIpc) is 3.06. The van der Waals surface area contributed by atoms with E-state index in [0.717, 1.165) is 48.9 Å². The summed E-state index contributed by atoms with van der Waals surface area (Å²) < 4.78 is 10.9. The monoisotopic (exact) mass is 358 g/mol. The second-order valence-electron chi connectivity index (χ2n) is 8.27. The quantitative estimate of drug-likeness (QED) is 0.878. The number of nitrogens with zero attached hydrogens (tertiary/aromatic N) is 1. The van der Waals surface area contributed by atoms with Gasteiger partial charge in [-0.15, -0.1) is 0 Å². The molecule has 1 unspecified atom stereocenters. The number of carbonyl (C=O) groups is 1. The van der Waals surface area contributed by atoms with Crippen molar-refractivity contribution < 1.29 is 14.3 Å². The molecule has 2 heterocycles. The number of amides is 1. The largest absolute Gasteiger partial charge is 0.454 e. The van der Waals surface area contributed by atoms with Crippen molar-refractivity contribution in [2.24, 2.45) is 17.8 Å². The highest BCUT2D eigenvalue weighted by atomic mass is 16.7. The zero-order chi connectivity index (χ0) is 18.1. The van der Waals surface area contributed by atoms with Crippen LogP contribution in [0.2, 0.25) is 0 Å². The molecule has 0 bridgehead atoms. The summed E-state index contributed by atoms with van der Waals surface area (Å²) in [6.07, 6.45) is 4.67. The Balaban J connectivity index is 1.52. The number of hydrogen-bond acceptors (Lipinski definition) is 4. The summed E-state index contributed by atoms with van der Waals surface area (Å²) in [6.45, 7) is 7.31. The zero-order valence-corrected chi connectivity index (χ0v) is 15.9. The van der Waals surface area contributed by atoms with Crippen molar-refractivity contribution in [3.8, 4) is 11.5 Å². The van der Waals surface area contributed by atoms with Gasteiger partial charge in [0.1, 0.15) is 0 Å². The zero-order valence-electron chi connectivity index (χ0n) is 15.9. The van der Waals surface area contributed by atoms with E-state index in [4.69, 9.17) is 9.47 Å². The Morgan fingerprint density at radius 3 is 2.62 bits per heavy atom. The molecule has 1 saturated carbocycles. The summed E-state index contributed by atoms with van der Waals surface area (Å²) >= 11 is 0. The number of hydrogen-bond donors (Lipinski definition) is 1. The van der Waals surface area contributed by atoms with Gasteiger partial charge in [-0.1, -0.05) is 19.9 Å². The first-order valence-electron chi connectivity index (χ1n) is 10.0. The molecule has 0 radical (unpaired) electrons. The van der Waals surface area contributed by atoms with E-state index in [0.29, 0.717) is 24.4 Å². The van der Waals surface area contributed by atoms with Crippen molar-refractivity contribution in [2.45, 2.75) is 52.1 Å². The first-order chi connectivity index (χ1) is 12.6. The van der Waals surface area contributed by atoms with Crippen molar-refractivity contribution in [1.29, 1.82) is 0 Å². The molecule has 1 saturated heterocycles. The smallest absolute Gasteiger partial charge is 0.231 e. The molecule has 1 atom stereocenters. The molecular weight excluding hydrogens is 328 g/mol. The maximum atomic E-state index is 13.3. The number of ether oxygens (including phenoxy) is 2. The van der Waals surface area contributed by atoms with Crippen molar-refractivity contribution >= 4 is 5.91 Å². The molecule has 5 nitrogen and oxygen atoms in total. The van der Waals surface area contributed by atoms with E-state index in [1.54, 1.807) is 0 Å². The van der Waals surface area contributed by atoms with Gasteiger partial charge in [0.15, 0.2) is 11.5 Å². The van der Waals surface area contributed by atoms with Gasteiger partial charge in [0, 0.05) is 18.5 Å². The maximum absolute atomic E-state index is 13.3. The molecule has 1 aromatic rings. The van der Waals surface area contributed by atoms with E-state index in [-0.39, 0.29) is 12.7 Å². The molecular formula is C21H30N2O3. The normalized spacial score (nSPS) is 26.2. The lowest BCUT2D eigenvalue weighted by atomic mass is 9.84. The summed E-state index contributed by atoms with van der Waals surface area (Å²) in [6, 6.07) is 6.42. The molecule has 1 N–H and O–H groups in total. The molecule has 1 aromatic carbocycles. The van der Waals surface area contributed by atoms with Crippen LogP contribution in [0.3, 0.4) is 0 Å². The molecule has 26 heavy (non-hydrogen) atoms. The Labute approximate surface area is 156 Å². The Morgan fingerprint density at radius 1 is 1.19 bits per heavy atom. The van der Waals surface area contributed by atoms with Gasteiger partial charge >= 0.3 is 0 Å². The second-order valence-corrected chi connectivity index (χ2v) is 8.27. The highest BCUT2D eigenvalue weighted by Gasteiger charge is 2.35. The van der Waals surface area contributed by atoms with Crippen LogP contribution in [0.25, 0.3) is 0 Å². The summed E-state index contributed by atoms with van der Waals surface area (Å²) in [7, 11) is 0. The van der Waals surface area contributed by atoms with Gasteiger partial charge in [0.25, 0.3) is 0 Å². The fourth-order valence-electron chi connectivity index (χ4n) is 4.30. The minimum atomic E-state index is 0.0876.